The lowest BCUT2D eigenvalue weighted by Crippen LogP contribution is -2.23. The van der Waals surface area contributed by atoms with Crippen LogP contribution in [0.5, 0.6) is 5.75 Å². The number of methoxy groups -OCH3 is 1. The molecule has 1 rings (SSSR count). The molecule has 0 amide bonds. The molecule has 4 heteroatoms. The molecule has 0 fully saturated rings. The number of hydrogen-bond acceptors (Lipinski definition) is 3. The van der Waals surface area contributed by atoms with Crippen molar-refractivity contribution in [1.29, 1.82) is 0 Å². The quantitative estimate of drug-likeness (QED) is 0.657. The highest BCUT2D eigenvalue weighted by Crippen LogP contribution is 2.03. The number of rotatable bonds is 2. The molecule has 0 radical (unpaired) electrons. The summed E-state index contributed by atoms with van der Waals surface area (Å²) in [6.45, 7) is 3.81. The molecule has 0 atom stereocenters. The molecule has 0 aromatic carbocycles. The fourth-order valence-electron chi connectivity index (χ4n) is 0.901. The van der Waals surface area contributed by atoms with Gasteiger partial charge in [-0.3, -0.25) is 4.79 Å². The van der Waals surface area contributed by atoms with E-state index in [1.807, 2.05) is 13.8 Å². The molecule has 0 saturated carbocycles. The second-order valence-corrected chi connectivity index (χ2v) is 2.77. The van der Waals surface area contributed by atoms with Crippen molar-refractivity contribution in [2.45, 2.75) is 19.9 Å². The monoisotopic (exact) mass is 168 g/mol. The van der Waals surface area contributed by atoms with E-state index in [1.165, 1.54) is 24.1 Å². The van der Waals surface area contributed by atoms with E-state index in [0.29, 0.717) is 5.75 Å². The summed E-state index contributed by atoms with van der Waals surface area (Å²) < 4.78 is 6.26. The van der Waals surface area contributed by atoms with Crippen molar-refractivity contribution >= 4 is 0 Å². The van der Waals surface area contributed by atoms with Crippen molar-refractivity contribution in [3.63, 3.8) is 0 Å². The SMILES string of the molecule is COc1cnn(C(C)C)c(=O)c1. The summed E-state index contributed by atoms with van der Waals surface area (Å²) in [4.78, 5) is 11.3. The standard InChI is InChI=1S/C8H12N2O2/c1-6(2)10-8(11)4-7(12-3)5-9-10/h4-6H,1-3H3. The first-order valence-electron chi connectivity index (χ1n) is 3.78. The molecule has 1 aromatic heterocycles. The highest BCUT2D eigenvalue weighted by molar-refractivity contribution is 5.13. The van der Waals surface area contributed by atoms with Crippen LogP contribution in [0.15, 0.2) is 17.1 Å². The average molecular weight is 168 g/mol. The van der Waals surface area contributed by atoms with E-state index in [0.717, 1.165) is 0 Å². The van der Waals surface area contributed by atoms with Crippen LogP contribution in [-0.4, -0.2) is 16.9 Å². The third kappa shape index (κ3) is 1.64. The van der Waals surface area contributed by atoms with Gasteiger partial charge in [0.2, 0.25) is 0 Å². The Hall–Kier alpha value is -1.32. The van der Waals surface area contributed by atoms with Crippen molar-refractivity contribution < 1.29 is 4.74 Å². The van der Waals surface area contributed by atoms with Gasteiger partial charge in [0, 0.05) is 6.07 Å². The van der Waals surface area contributed by atoms with Gasteiger partial charge in [0.25, 0.3) is 5.56 Å². The Labute approximate surface area is 70.8 Å². The molecular weight excluding hydrogens is 156 g/mol. The predicted octanol–water partition coefficient (Wildman–Crippen LogP) is 0.833. The zero-order chi connectivity index (χ0) is 9.14. The number of nitrogens with zero attached hydrogens (tertiary/aromatic N) is 2. The summed E-state index contributed by atoms with van der Waals surface area (Å²) in [6.07, 6.45) is 1.53. The minimum absolute atomic E-state index is 0.0865. The molecule has 4 nitrogen and oxygen atoms in total. The van der Waals surface area contributed by atoms with Crippen LogP contribution in [0.1, 0.15) is 19.9 Å². The second-order valence-electron chi connectivity index (χ2n) is 2.77. The highest BCUT2D eigenvalue weighted by Gasteiger charge is 2.02. The molecule has 0 aliphatic rings. The molecule has 0 N–H and O–H groups in total. The van der Waals surface area contributed by atoms with Crippen molar-refractivity contribution in [1.82, 2.24) is 9.78 Å². The Kier molecular flexibility index (Phi) is 2.47. The van der Waals surface area contributed by atoms with Gasteiger partial charge in [0.05, 0.1) is 19.3 Å². The van der Waals surface area contributed by atoms with Gasteiger partial charge in [-0.2, -0.15) is 5.10 Å². The fraction of sp³-hybridized carbons (Fsp3) is 0.500. The topological polar surface area (TPSA) is 44.1 Å². The van der Waals surface area contributed by atoms with Gasteiger partial charge in [0.15, 0.2) is 0 Å². The van der Waals surface area contributed by atoms with Crippen molar-refractivity contribution in [2.24, 2.45) is 0 Å². The summed E-state index contributed by atoms with van der Waals surface area (Å²) in [5.74, 6) is 0.497. The first kappa shape index (κ1) is 8.77. The molecule has 1 heterocycles. The second kappa shape index (κ2) is 3.38. The number of aromatic nitrogens is 2. The Bertz CT molecular complexity index is 317. The molecular formula is C8H12N2O2. The summed E-state index contributed by atoms with van der Waals surface area (Å²) in [5.41, 5.74) is -0.135. The lowest BCUT2D eigenvalue weighted by molar-refractivity contribution is 0.401. The van der Waals surface area contributed by atoms with Gasteiger partial charge >= 0.3 is 0 Å². The van der Waals surface area contributed by atoms with Gasteiger partial charge in [-0.15, -0.1) is 0 Å². The molecule has 1 aromatic rings. The summed E-state index contributed by atoms with van der Waals surface area (Å²) in [6, 6.07) is 1.51. The molecule has 0 spiro atoms. The number of ether oxygens (including phenoxy) is 1. The minimum atomic E-state index is -0.135. The van der Waals surface area contributed by atoms with Crippen LogP contribution in [0.25, 0.3) is 0 Å². The maximum Gasteiger partial charge on any atom is 0.270 e. The van der Waals surface area contributed by atoms with Crippen LogP contribution in [0.3, 0.4) is 0 Å². The van der Waals surface area contributed by atoms with Gasteiger partial charge < -0.3 is 4.74 Å². The van der Waals surface area contributed by atoms with Crippen molar-refractivity contribution in [3.8, 4) is 5.75 Å². The molecule has 0 saturated heterocycles. The molecule has 0 unspecified atom stereocenters. The Morgan fingerprint density at radius 1 is 1.58 bits per heavy atom. The Morgan fingerprint density at radius 3 is 2.67 bits per heavy atom. The van der Waals surface area contributed by atoms with Gasteiger partial charge in [-0.1, -0.05) is 0 Å². The first-order chi connectivity index (χ1) is 5.65. The largest absolute Gasteiger partial charge is 0.495 e. The van der Waals surface area contributed by atoms with E-state index >= 15 is 0 Å². The predicted molar refractivity (Wildman–Crippen MR) is 45.4 cm³/mol. The van der Waals surface area contributed by atoms with Crippen LogP contribution >= 0.6 is 0 Å². The average Bonchev–Trinajstić information content (AvgIpc) is 2.03. The van der Waals surface area contributed by atoms with Crippen LogP contribution in [0.4, 0.5) is 0 Å². The summed E-state index contributed by atoms with van der Waals surface area (Å²) in [5, 5.41) is 3.93. The third-order valence-electron chi connectivity index (χ3n) is 1.53. The van der Waals surface area contributed by atoms with Crippen LogP contribution in [0.2, 0.25) is 0 Å². The fourth-order valence-corrected chi connectivity index (χ4v) is 0.901. The normalized spacial score (nSPS) is 10.3. The van der Waals surface area contributed by atoms with Crippen LogP contribution in [-0.2, 0) is 0 Å². The number of hydrogen-bond donors (Lipinski definition) is 0. The smallest absolute Gasteiger partial charge is 0.270 e. The van der Waals surface area contributed by atoms with E-state index in [2.05, 4.69) is 5.10 Å². The van der Waals surface area contributed by atoms with Crippen molar-refractivity contribution in [2.75, 3.05) is 7.11 Å². The zero-order valence-electron chi connectivity index (χ0n) is 7.44. The summed E-state index contributed by atoms with van der Waals surface area (Å²) >= 11 is 0. The molecule has 0 bridgehead atoms. The third-order valence-corrected chi connectivity index (χ3v) is 1.53. The first-order valence-corrected chi connectivity index (χ1v) is 3.78. The van der Waals surface area contributed by atoms with Crippen LogP contribution < -0.4 is 10.3 Å². The van der Waals surface area contributed by atoms with E-state index in [9.17, 15) is 4.79 Å². The van der Waals surface area contributed by atoms with Crippen molar-refractivity contribution in [3.05, 3.63) is 22.6 Å². The molecule has 66 valence electrons. The van der Waals surface area contributed by atoms with Gasteiger partial charge in [-0.25, -0.2) is 4.68 Å². The van der Waals surface area contributed by atoms with E-state index in [1.54, 1.807) is 0 Å². The maximum absolute atomic E-state index is 11.3. The van der Waals surface area contributed by atoms with Gasteiger partial charge in [0.1, 0.15) is 5.75 Å². The lowest BCUT2D eigenvalue weighted by Gasteiger charge is -2.07. The Balaban J connectivity index is 3.12. The van der Waals surface area contributed by atoms with E-state index in [4.69, 9.17) is 4.74 Å². The minimum Gasteiger partial charge on any atom is -0.495 e. The van der Waals surface area contributed by atoms with Gasteiger partial charge in [-0.05, 0) is 13.8 Å². The van der Waals surface area contributed by atoms with E-state index < -0.39 is 0 Å². The zero-order valence-corrected chi connectivity index (χ0v) is 7.44. The maximum atomic E-state index is 11.3. The molecule has 12 heavy (non-hydrogen) atoms. The summed E-state index contributed by atoms with van der Waals surface area (Å²) in [7, 11) is 1.51. The lowest BCUT2D eigenvalue weighted by atomic mass is 10.4. The highest BCUT2D eigenvalue weighted by atomic mass is 16.5. The Morgan fingerprint density at radius 2 is 2.25 bits per heavy atom. The van der Waals surface area contributed by atoms with Crippen LogP contribution in [0, 0.1) is 0 Å². The van der Waals surface area contributed by atoms with E-state index in [-0.39, 0.29) is 11.6 Å². The molecule has 0 aliphatic heterocycles. The molecule has 0 aliphatic carbocycles.